The van der Waals surface area contributed by atoms with Crippen LogP contribution in [0.5, 0.6) is 5.75 Å². The summed E-state index contributed by atoms with van der Waals surface area (Å²) >= 11 is 0. The summed E-state index contributed by atoms with van der Waals surface area (Å²) in [5.74, 6) is 0.768. The summed E-state index contributed by atoms with van der Waals surface area (Å²) in [5, 5.41) is 4.71. The predicted molar refractivity (Wildman–Crippen MR) is 86.9 cm³/mol. The van der Waals surface area contributed by atoms with Crippen molar-refractivity contribution in [2.24, 2.45) is 0 Å². The van der Waals surface area contributed by atoms with Crippen LogP contribution in [0.25, 0.3) is 22.4 Å². The van der Waals surface area contributed by atoms with Crippen molar-refractivity contribution in [2.75, 3.05) is 6.61 Å². The van der Waals surface area contributed by atoms with E-state index in [0.29, 0.717) is 28.5 Å². The zero-order chi connectivity index (χ0) is 16.5. The van der Waals surface area contributed by atoms with Gasteiger partial charge in [0.25, 0.3) is 5.71 Å². The second-order valence-corrected chi connectivity index (χ2v) is 5.68. The van der Waals surface area contributed by atoms with Crippen LogP contribution < -0.4 is 4.74 Å². The number of hydrogen-bond donors (Lipinski definition) is 0. The third kappa shape index (κ3) is 2.71. The van der Waals surface area contributed by atoms with Gasteiger partial charge in [0.2, 0.25) is 0 Å². The molecule has 0 spiro atoms. The highest BCUT2D eigenvalue weighted by Gasteiger charge is 2.29. The summed E-state index contributed by atoms with van der Waals surface area (Å²) < 4.78 is 15.7. The summed E-state index contributed by atoms with van der Waals surface area (Å²) in [6.45, 7) is 1.98. The van der Waals surface area contributed by atoms with Crippen LogP contribution in [0.2, 0.25) is 0 Å². The van der Waals surface area contributed by atoms with Crippen molar-refractivity contribution in [3.05, 3.63) is 42.1 Å². The fraction of sp³-hybridized carbons (Fsp3) is 0.278. The van der Waals surface area contributed by atoms with E-state index < -0.39 is 6.16 Å². The Hall–Kier alpha value is -2.89. The Kier molecular flexibility index (Phi) is 3.65. The average molecular weight is 324 g/mol. The van der Waals surface area contributed by atoms with Crippen LogP contribution in [0.15, 0.2) is 40.9 Å². The lowest BCUT2D eigenvalue weighted by molar-refractivity contribution is 0.105. The van der Waals surface area contributed by atoms with E-state index in [1.807, 2.05) is 30.3 Å². The molecule has 6 nitrogen and oxygen atoms in total. The van der Waals surface area contributed by atoms with Gasteiger partial charge >= 0.3 is 6.16 Å². The van der Waals surface area contributed by atoms with E-state index in [4.69, 9.17) is 14.0 Å². The van der Waals surface area contributed by atoms with Gasteiger partial charge in [0.15, 0.2) is 5.75 Å². The molecule has 1 aliphatic carbocycles. The zero-order valence-electron chi connectivity index (χ0n) is 13.2. The van der Waals surface area contributed by atoms with Crippen LogP contribution in [-0.2, 0) is 4.74 Å². The number of hydrogen-bond acceptors (Lipinski definition) is 6. The van der Waals surface area contributed by atoms with Gasteiger partial charge in [0, 0.05) is 17.5 Å². The minimum absolute atomic E-state index is 0.248. The van der Waals surface area contributed by atoms with Crippen LogP contribution >= 0.6 is 0 Å². The number of nitrogens with zero attached hydrogens (tertiary/aromatic N) is 2. The second-order valence-electron chi connectivity index (χ2n) is 5.68. The topological polar surface area (TPSA) is 74.5 Å². The molecule has 0 amide bonds. The highest BCUT2D eigenvalue weighted by molar-refractivity contribution is 5.95. The first kappa shape index (κ1) is 14.7. The van der Waals surface area contributed by atoms with Crippen molar-refractivity contribution >= 4 is 17.3 Å². The molecule has 0 bridgehead atoms. The molecule has 0 radical (unpaired) electrons. The van der Waals surface area contributed by atoms with E-state index >= 15 is 0 Å². The largest absolute Gasteiger partial charge is 0.513 e. The summed E-state index contributed by atoms with van der Waals surface area (Å²) in [6, 6.07) is 11.4. The van der Waals surface area contributed by atoms with Gasteiger partial charge in [0.1, 0.15) is 11.1 Å². The van der Waals surface area contributed by atoms with Crippen LogP contribution in [-0.4, -0.2) is 22.9 Å². The van der Waals surface area contributed by atoms with E-state index in [1.54, 1.807) is 13.0 Å². The number of rotatable bonds is 4. The van der Waals surface area contributed by atoms with Gasteiger partial charge in [-0.2, -0.15) is 0 Å². The van der Waals surface area contributed by atoms with E-state index in [1.165, 1.54) is 0 Å². The first-order chi connectivity index (χ1) is 11.8. The van der Waals surface area contributed by atoms with Crippen molar-refractivity contribution in [3.8, 4) is 17.0 Å². The van der Waals surface area contributed by atoms with E-state index in [-0.39, 0.29) is 6.61 Å². The van der Waals surface area contributed by atoms with Crippen LogP contribution in [0.1, 0.15) is 31.4 Å². The maximum atomic E-state index is 11.8. The fourth-order valence-corrected chi connectivity index (χ4v) is 2.63. The molecule has 3 aromatic rings. The molecule has 1 fully saturated rings. The first-order valence-electron chi connectivity index (χ1n) is 7.96. The lowest BCUT2D eigenvalue weighted by Gasteiger charge is -2.07. The van der Waals surface area contributed by atoms with Gasteiger partial charge in [-0.15, -0.1) is 0 Å². The molecule has 1 aromatic carbocycles. The Balaban J connectivity index is 1.85. The van der Waals surface area contributed by atoms with Crippen molar-refractivity contribution < 1.29 is 18.8 Å². The highest BCUT2D eigenvalue weighted by atomic mass is 16.7. The van der Waals surface area contributed by atoms with Crippen molar-refractivity contribution in [1.29, 1.82) is 0 Å². The number of pyridine rings is 1. The quantitative estimate of drug-likeness (QED) is 0.666. The number of ether oxygens (including phenoxy) is 2. The third-order valence-electron chi connectivity index (χ3n) is 3.93. The number of carbonyl (C=O) groups is 1. The summed E-state index contributed by atoms with van der Waals surface area (Å²) in [6.07, 6.45) is 1.42. The Bertz CT molecular complexity index is 885. The maximum Gasteiger partial charge on any atom is 0.513 e. The molecule has 0 saturated heterocycles. The Labute approximate surface area is 138 Å². The lowest BCUT2D eigenvalue weighted by Crippen LogP contribution is -2.10. The SMILES string of the molecule is CCOC(=O)Oc1cc(C2CC2)nc2onc(-c3ccccc3)c12. The Morgan fingerprint density at radius 2 is 2.08 bits per heavy atom. The van der Waals surface area contributed by atoms with Gasteiger partial charge < -0.3 is 14.0 Å². The average Bonchev–Trinajstić information content (AvgIpc) is 3.35. The first-order valence-corrected chi connectivity index (χ1v) is 7.96. The van der Waals surface area contributed by atoms with Gasteiger partial charge in [-0.1, -0.05) is 35.5 Å². The van der Waals surface area contributed by atoms with Crippen molar-refractivity contribution in [1.82, 2.24) is 10.1 Å². The highest BCUT2D eigenvalue weighted by Crippen LogP contribution is 2.43. The maximum absolute atomic E-state index is 11.8. The number of carbonyl (C=O) groups excluding carboxylic acids is 1. The summed E-state index contributed by atoms with van der Waals surface area (Å²) in [5.41, 5.74) is 2.70. The molecule has 4 rings (SSSR count). The van der Waals surface area contributed by atoms with E-state index in [2.05, 4.69) is 10.1 Å². The normalized spacial score (nSPS) is 13.9. The Morgan fingerprint density at radius 3 is 2.79 bits per heavy atom. The van der Waals surface area contributed by atoms with Crippen molar-refractivity contribution in [2.45, 2.75) is 25.7 Å². The summed E-state index contributed by atoms with van der Waals surface area (Å²) in [4.78, 5) is 16.3. The van der Waals surface area contributed by atoms with Gasteiger partial charge in [-0.05, 0) is 19.8 Å². The molecule has 2 aromatic heterocycles. The molecular formula is C18H16N2O4. The molecule has 0 atom stereocenters. The minimum atomic E-state index is -0.744. The molecule has 2 heterocycles. The smallest absolute Gasteiger partial charge is 0.434 e. The van der Waals surface area contributed by atoms with Gasteiger partial charge in [0.05, 0.1) is 12.3 Å². The molecule has 0 aliphatic heterocycles. The lowest BCUT2D eigenvalue weighted by atomic mass is 10.1. The molecular weight excluding hydrogens is 308 g/mol. The van der Waals surface area contributed by atoms with Crippen LogP contribution in [0, 0.1) is 0 Å². The number of aromatic nitrogens is 2. The number of fused-ring (bicyclic) bond motifs is 1. The van der Waals surface area contributed by atoms with Crippen LogP contribution in [0.3, 0.4) is 0 Å². The monoisotopic (exact) mass is 324 g/mol. The Morgan fingerprint density at radius 1 is 1.29 bits per heavy atom. The molecule has 6 heteroatoms. The second kappa shape index (κ2) is 5.96. The predicted octanol–water partition coefficient (Wildman–Crippen LogP) is 4.30. The van der Waals surface area contributed by atoms with E-state index in [0.717, 1.165) is 24.1 Å². The minimum Gasteiger partial charge on any atom is -0.434 e. The number of benzene rings is 1. The standard InChI is InChI=1S/C18H16N2O4/c1-2-22-18(21)23-14-10-13(11-8-9-11)19-17-15(14)16(20-24-17)12-6-4-3-5-7-12/h3-7,10-11H,2,8-9H2,1H3. The molecule has 0 unspecified atom stereocenters. The van der Waals surface area contributed by atoms with Gasteiger partial charge in [-0.3, -0.25) is 0 Å². The molecule has 1 saturated carbocycles. The van der Waals surface area contributed by atoms with E-state index in [9.17, 15) is 4.79 Å². The van der Waals surface area contributed by atoms with Crippen LogP contribution in [0.4, 0.5) is 4.79 Å². The molecule has 1 aliphatic rings. The fourth-order valence-electron chi connectivity index (χ4n) is 2.63. The molecule has 24 heavy (non-hydrogen) atoms. The third-order valence-corrected chi connectivity index (χ3v) is 3.93. The molecule has 0 N–H and O–H groups in total. The van der Waals surface area contributed by atoms with Crippen molar-refractivity contribution in [3.63, 3.8) is 0 Å². The molecule has 122 valence electrons. The summed E-state index contributed by atoms with van der Waals surface area (Å²) in [7, 11) is 0. The zero-order valence-corrected chi connectivity index (χ0v) is 13.2. The van der Waals surface area contributed by atoms with Gasteiger partial charge in [-0.25, -0.2) is 9.78 Å².